The van der Waals surface area contributed by atoms with Gasteiger partial charge in [0.1, 0.15) is 6.04 Å². The molecule has 1 aliphatic rings. The summed E-state index contributed by atoms with van der Waals surface area (Å²) in [5, 5.41) is 19.5. The molecule has 3 aromatic rings. The lowest BCUT2D eigenvalue weighted by molar-refractivity contribution is -0.385. The van der Waals surface area contributed by atoms with Crippen molar-refractivity contribution in [3.8, 4) is 11.4 Å². The maximum Gasteiger partial charge on any atom is 0.338 e. The Morgan fingerprint density at radius 1 is 1.23 bits per heavy atom. The molecule has 9 nitrogen and oxygen atoms in total. The number of nitrogens with zero attached hydrogens (tertiary/aromatic N) is 4. The Morgan fingerprint density at radius 3 is 2.71 bits per heavy atom. The van der Waals surface area contributed by atoms with Crippen LogP contribution in [0.2, 0.25) is 0 Å². The fourth-order valence-electron chi connectivity index (χ4n) is 3.70. The minimum absolute atomic E-state index is 0.109. The summed E-state index contributed by atoms with van der Waals surface area (Å²) >= 11 is 0. The van der Waals surface area contributed by atoms with Crippen molar-refractivity contribution >= 4 is 17.6 Å². The van der Waals surface area contributed by atoms with E-state index in [-0.39, 0.29) is 17.9 Å². The van der Waals surface area contributed by atoms with Crippen molar-refractivity contribution in [2.45, 2.75) is 26.8 Å². The van der Waals surface area contributed by atoms with Crippen LogP contribution in [0, 0.1) is 17.0 Å². The lowest BCUT2D eigenvalue weighted by Gasteiger charge is -2.27. The molecule has 1 atom stereocenters. The second-order valence-electron chi connectivity index (χ2n) is 7.18. The Kier molecular flexibility index (Phi) is 5.24. The average molecular weight is 419 g/mol. The summed E-state index contributed by atoms with van der Waals surface area (Å²) in [6, 6.07) is 13.2. The number of carbonyl (C=O) groups excluding carboxylic acids is 1. The van der Waals surface area contributed by atoms with E-state index in [1.165, 1.54) is 10.7 Å². The van der Waals surface area contributed by atoms with E-state index in [4.69, 9.17) is 4.74 Å². The van der Waals surface area contributed by atoms with Gasteiger partial charge in [0, 0.05) is 17.3 Å². The van der Waals surface area contributed by atoms with Crippen molar-refractivity contribution in [2.24, 2.45) is 0 Å². The number of fused-ring (bicyclic) bond motifs is 1. The fraction of sp³-hybridized carbons (Fsp3) is 0.227. The standard InChI is InChI=1S/C22H21N5O4/c1-4-31-21(28)18-14(3)23-22-24-20(15-9-7-8-13(2)12-15)25-26(22)19(18)16-10-5-6-11-17(16)27(29)30/h5-12,19H,4H2,1-3H3,(H,23,24,25). The molecule has 0 spiro atoms. The fourth-order valence-corrected chi connectivity index (χ4v) is 3.70. The number of aromatic nitrogens is 3. The largest absolute Gasteiger partial charge is 0.463 e. The number of nitro groups is 1. The summed E-state index contributed by atoms with van der Waals surface area (Å²) in [5.41, 5.74) is 2.85. The summed E-state index contributed by atoms with van der Waals surface area (Å²) < 4.78 is 6.77. The highest BCUT2D eigenvalue weighted by Crippen LogP contribution is 2.40. The third-order valence-electron chi connectivity index (χ3n) is 5.05. The first-order valence-corrected chi connectivity index (χ1v) is 9.82. The molecule has 4 rings (SSSR count). The van der Waals surface area contributed by atoms with Crippen LogP contribution in [-0.4, -0.2) is 32.3 Å². The van der Waals surface area contributed by atoms with Crippen molar-refractivity contribution in [3.05, 3.63) is 81.0 Å². The molecule has 0 bridgehead atoms. The number of hydrogen-bond acceptors (Lipinski definition) is 7. The minimum atomic E-state index is -0.858. The predicted molar refractivity (Wildman–Crippen MR) is 114 cm³/mol. The van der Waals surface area contributed by atoms with Crippen molar-refractivity contribution < 1.29 is 14.5 Å². The van der Waals surface area contributed by atoms with Crippen LogP contribution < -0.4 is 5.32 Å². The van der Waals surface area contributed by atoms with Gasteiger partial charge in [0.25, 0.3) is 5.69 Å². The number of allylic oxidation sites excluding steroid dienone is 1. The number of nitro benzene ring substituents is 1. The van der Waals surface area contributed by atoms with E-state index in [2.05, 4.69) is 15.4 Å². The quantitative estimate of drug-likeness (QED) is 0.378. The number of rotatable bonds is 5. The Morgan fingerprint density at radius 2 is 2.00 bits per heavy atom. The number of anilines is 1. The Balaban J connectivity index is 1.93. The summed E-state index contributed by atoms with van der Waals surface area (Å²) in [5.74, 6) is 0.284. The molecule has 2 aromatic carbocycles. The molecule has 0 fully saturated rings. The van der Waals surface area contributed by atoms with Crippen molar-refractivity contribution in [2.75, 3.05) is 11.9 Å². The summed E-state index contributed by atoms with van der Waals surface area (Å²) in [7, 11) is 0. The first-order valence-electron chi connectivity index (χ1n) is 9.82. The van der Waals surface area contributed by atoms with Gasteiger partial charge in [-0.05, 0) is 32.9 Å². The SMILES string of the molecule is CCOC(=O)C1=C(C)Nc2nc(-c3cccc(C)c3)nn2C1c1ccccc1[N+](=O)[O-]. The van der Waals surface area contributed by atoms with Gasteiger partial charge >= 0.3 is 5.97 Å². The highest BCUT2D eigenvalue weighted by atomic mass is 16.6. The number of ether oxygens (including phenoxy) is 1. The van der Waals surface area contributed by atoms with E-state index in [1.54, 1.807) is 32.0 Å². The summed E-state index contributed by atoms with van der Waals surface area (Å²) in [6.45, 7) is 5.58. The molecule has 9 heteroatoms. The lowest BCUT2D eigenvalue weighted by atomic mass is 9.94. The van der Waals surface area contributed by atoms with E-state index in [0.717, 1.165) is 11.1 Å². The van der Waals surface area contributed by atoms with Crippen LogP contribution in [0.25, 0.3) is 11.4 Å². The first-order chi connectivity index (χ1) is 14.9. The van der Waals surface area contributed by atoms with Gasteiger partial charge in [-0.3, -0.25) is 10.1 Å². The highest BCUT2D eigenvalue weighted by molar-refractivity contribution is 5.92. The molecular weight excluding hydrogens is 398 g/mol. The number of benzene rings is 2. The topological polar surface area (TPSA) is 112 Å². The van der Waals surface area contributed by atoms with E-state index >= 15 is 0 Å². The Labute approximate surface area is 178 Å². The maximum absolute atomic E-state index is 12.9. The zero-order valence-electron chi connectivity index (χ0n) is 17.3. The molecule has 1 aromatic heterocycles. The molecule has 0 saturated heterocycles. The molecule has 0 aliphatic carbocycles. The lowest BCUT2D eigenvalue weighted by Crippen LogP contribution is -2.30. The first kappa shape index (κ1) is 20.3. The van der Waals surface area contributed by atoms with Crippen LogP contribution in [0.1, 0.15) is 31.0 Å². The number of carbonyl (C=O) groups is 1. The highest BCUT2D eigenvalue weighted by Gasteiger charge is 2.38. The molecule has 31 heavy (non-hydrogen) atoms. The zero-order chi connectivity index (χ0) is 22.1. The summed E-state index contributed by atoms with van der Waals surface area (Å²) in [6.07, 6.45) is 0. The normalized spacial score (nSPS) is 15.3. The van der Waals surface area contributed by atoms with Crippen LogP contribution in [-0.2, 0) is 9.53 Å². The van der Waals surface area contributed by atoms with E-state index < -0.39 is 16.9 Å². The minimum Gasteiger partial charge on any atom is -0.463 e. The predicted octanol–water partition coefficient (Wildman–Crippen LogP) is 4.01. The smallest absolute Gasteiger partial charge is 0.338 e. The third kappa shape index (κ3) is 3.65. The van der Waals surface area contributed by atoms with Gasteiger partial charge in [-0.25, -0.2) is 9.48 Å². The molecule has 0 saturated carbocycles. The second kappa shape index (κ2) is 8.02. The molecule has 1 N–H and O–H groups in total. The third-order valence-corrected chi connectivity index (χ3v) is 5.05. The van der Waals surface area contributed by atoms with Crippen molar-refractivity contribution in [1.82, 2.24) is 14.8 Å². The van der Waals surface area contributed by atoms with E-state index in [1.807, 2.05) is 31.2 Å². The van der Waals surface area contributed by atoms with Gasteiger partial charge in [-0.2, -0.15) is 4.98 Å². The Bertz CT molecular complexity index is 1210. The maximum atomic E-state index is 12.9. The Hall–Kier alpha value is -4.01. The molecular formula is C22H21N5O4. The zero-order valence-corrected chi connectivity index (χ0v) is 17.3. The van der Waals surface area contributed by atoms with Gasteiger partial charge in [-0.15, -0.1) is 5.10 Å². The van der Waals surface area contributed by atoms with E-state index in [0.29, 0.717) is 23.0 Å². The van der Waals surface area contributed by atoms with Crippen LogP contribution >= 0.6 is 0 Å². The summed E-state index contributed by atoms with van der Waals surface area (Å²) in [4.78, 5) is 28.7. The number of esters is 1. The molecule has 0 amide bonds. The monoisotopic (exact) mass is 419 g/mol. The molecule has 1 unspecified atom stereocenters. The van der Waals surface area contributed by atoms with Crippen molar-refractivity contribution in [1.29, 1.82) is 0 Å². The van der Waals surface area contributed by atoms with Gasteiger partial charge in [0.05, 0.1) is 22.7 Å². The number of para-hydroxylation sites is 1. The van der Waals surface area contributed by atoms with Gasteiger partial charge < -0.3 is 10.1 Å². The van der Waals surface area contributed by atoms with Gasteiger partial charge in [0.2, 0.25) is 5.95 Å². The van der Waals surface area contributed by atoms with Crippen molar-refractivity contribution in [3.63, 3.8) is 0 Å². The van der Waals surface area contributed by atoms with Gasteiger partial charge in [-0.1, -0.05) is 35.9 Å². The average Bonchev–Trinajstić information content (AvgIpc) is 3.16. The molecule has 158 valence electrons. The van der Waals surface area contributed by atoms with Crippen LogP contribution in [0.15, 0.2) is 59.8 Å². The number of hydrogen-bond donors (Lipinski definition) is 1. The number of nitrogens with one attached hydrogen (secondary N) is 1. The molecule has 1 aliphatic heterocycles. The number of aryl methyl sites for hydroxylation is 1. The molecule has 0 radical (unpaired) electrons. The second-order valence-corrected chi connectivity index (χ2v) is 7.18. The van der Waals surface area contributed by atoms with Gasteiger partial charge in [0.15, 0.2) is 5.82 Å². The van der Waals surface area contributed by atoms with Crippen LogP contribution in [0.4, 0.5) is 11.6 Å². The van der Waals surface area contributed by atoms with E-state index in [9.17, 15) is 14.9 Å². The van der Waals surface area contributed by atoms with Crippen LogP contribution in [0.5, 0.6) is 0 Å². The van der Waals surface area contributed by atoms with Crippen LogP contribution in [0.3, 0.4) is 0 Å². The molecule has 2 heterocycles.